The summed E-state index contributed by atoms with van der Waals surface area (Å²) in [5, 5.41) is 74.5. The topological polar surface area (TPSA) is 417 Å². The SMILES string of the molecule is CCCC[C@@]1(CC)CN(c2ccccc2)c2cc(SC)c(OC[C@@H](O)C(=O)O)cc2S(=O)(=O)C1.CCCC[C@@]1(CC)CN(c2ccccc2)c2cc(SC)c(OC[C@H](O)C(=O)O)cc2S(=O)(=O)C1.CCCC[C@]1(CC)CN(c2ccccc2)c2cc(SC)c(OC[C@@H](O)C(=O)O)cc2S(=O)(=O)C1.CCCC[C@]1(CC)CN(c2ccccc2)c2cc(SC)c(OC[C@H](O)C(=O)O)cc2S(=O)(=O)C1. The minimum atomic E-state index is -3.68. The number of hydrogen-bond acceptors (Lipinski definition) is 28. The highest BCUT2D eigenvalue weighted by atomic mass is 32.2. The molecule has 136 heavy (non-hydrogen) atoms. The molecule has 0 amide bonds. The van der Waals surface area contributed by atoms with Crippen LogP contribution in [-0.2, 0) is 58.5 Å². The molecule has 0 saturated heterocycles. The van der Waals surface area contributed by atoms with Crippen molar-refractivity contribution < 1.29 is 113 Å². The number of nitrogens with zero attached hydrogens (tertiary/aromatic N) is 4. The molecule has 0 aromatic heterocycles. The molecule has 8 N–H and O–H groups in total. The highest BCUT2D eigenvalue weighted by Crippen LogP contribution is 2.54. The number of aliphatic hydroxyl groups is 4. The number of aliphatic carboxylic acids is 4. The number of ether oxygens (including phenoxy) is 4. The minimum absolute atomic E-state index is 0.0304. The van der Waals surface area contributed by atoms with Gasteiger partial charge in [0.05, 0.1) is 84.9 Å². The molecule has 36 heteroatoms. The van der Waals surface area contributed by atoms with Crippen molar-refractivity contribution in [2.24, 2.45) is 21.7 Å². The Morgan fingerprint density at radius 2 is 0.485 bits per heavy atom. The molecule has 0 saturated carbocycles. The van der Waals surface area contributed by atoms with E-state index in [1.807, 2.05) is 146 Å². The van der Waals surface area contributed by atoms with Gasteiger partial charge in [0.15, 0.2) is 63.8 Å². The van der Waals surface area contributed by atoms with Gasteiger partial charge in [-0.3, -0.25) is 0 Å². The largest absolute Gasteiger partial charge is 0.489 e. The Morgan fingerprint density at radius 1 is 0.309 bits per heavy atom. The van der Waals surface area contributed by atoms with Gasteiger partial charge in [0.1, 0.15) is 49.4 Å². The molecule has 0 unspecified atom stereocenters. The molecule has 8 aromatic rings. The van der Waals surface area contributed by atoms with E-state index < -0.39 is 136 Å². The number of rotatable bonds is 40. The van der Waals surface area contributed by atoms with Gasteiger partial charge in [0.2, 0.25) is 0 Å². The smallest absolute Gasteiger partial charge is 0.336 e. The molecule has 4 aliphatic heterocycles. The zero-order valence-electron chi connectivity index (χ0n) is 79.4. The van der Waals surface area contributed by atoms with Crippen molar-refractivity contribution in [1.82, 2.24) is 0 Å². The monoisotopic (exact) mass is 2030 g/mol. The van der Waals surface area contributed by atoms with E-state index in [0.717, 1.165) is 125 Å². The average molecular weight is 2030 g/mol. The van der Waals surface area contributed by atoms with Gasteiger partial charge in [0, 0.05) is 94.9 Å². The van der Waals surface area contributed by atoms with Crippen molar-refractivity contribution >= 4 is 156 Å². The lowest BCUT2D eigenvalue weighted by molar-refractivity contribution is -0.148. The van der Waals surface area contributed by atoms with E-state index in [4.69, 9.17) is 39.4 Å². The maximum absolute atomic E-state index is 13.8. The number of carboxylic acid groups (broad SMARTS) is 4. The van der Waals surface area contributed by atoms with Gasteiger partial charge in [-0.2, -0.15) is 0 Å². The number of anilines is 8. The lowest BCUT2D eigenvalue weighted by atomic mass is 9.81. The molecule has 28 nitrogen and oxygen atoms in total. The van der Waals surface area contributed by atoms with Crippen molar-refractivity contribution in [2.45, 2.75) is 222 Å². The van der Waals surface area contributed by atoms with Gasteiger partial charge in [-0.25, -0.2) is 52.8 Å². The molecular weight excluding hydrogens is 1900 g/mol. The molecule has 0 bridgehead atoms. The highest BCUT2D eigenvalue weighted by molar-refractivity contribution is 7.99. The van der Waals surface area contributed by atoms with E-state index in [9.17, 15) is 73.3 Å². The summed E-state index contributed by atoms with van der Waals surface area (Å²) in [5.41, 5.74) is 4.37. The first kappa shape index (κ1) is 111. The third-order valence-electron chi connectivity index (χ3n) is 25.7. The fourth-order valence-electron chi connectivity index (χ4n) is 17.5. The number of unbranched alkanes of at least 4 members (excludes halogenated alkanes) is 4. The van der Waals surface area contributed by atoms with Crippen LogP contribution in [0.3, 0.4) is 0 Å². The van der Waals surface area contributed by atoms with Crippen molar-refractivity contribution in [3.63, 3.8) is 0 Å². The third-order valence-corrected chi connectivity index (χ3v) is 36.7. The number of carboxylic acids is 4. The van der Waals surface area contributed by atoms with Crippen LogP contribution in [0, 0.1) is 21.7 Å². The summed E-state index contributed by atoms with van der Waals surface area (Å²) in [7, 11) is -14.7. The summed E-state index contributed by atoms with van der Waals surface area (Å²) in [6.45, 7) is 17.1. The van der Waals surface area contributed by atoms with Gasteiger partial charge in [-0.1, -0.05) is 180 Å². The number of carbonyl (C=O) groups is 4. The van der Waals surface area contributed by atoms with E-state index in [1.54, 1.807) is 24.3 Å². The molecule has 8 atom stereocenters. The predicted octanol–water partition coefficient (Wildman–Crippen LogP) is 19.0. The standard InChI is InChI=1S/4C25H33NO6S2/c4*1-4-6-12-25(5-2)16-26(18-10-8-7-9-11-18)19-13-22(33-3)21(32-15-20(27)24(28)29)14-23(19)34(30,31)17-25/h4*7-11,13-14,20,27H,4-6,12,15-17H2,1-3H3,(H,28,29)/t2*20-,25+;2*20-,25-/m1010/s1. The number of sulfone groups is 4. The van der Waals surface area contributed by atoms with E-state index >= 15 is 0 Å². The molecule has 744 valence electrons. The Hall–Kier alpha value is -8.92. The van der Waals surface area contributed by atoms with E-state index in [-0.39, 0.29) is 65.6 Å². The van der Waals surface area contributed by atoms with Crippen LogP contribution in [0.2, 0.25) is 0 Å². The number of thioether (sulfide) groups is 4. The zero-order valence-corrected chi connectivity index (χ0v) is 86.0. The van der Waals surface area contributed by atoms with Gasteiger partial charge >= 0.3 is 23.9 Å². The van der Waals surface area contributed by atoms with Gasteiger partial charge in [-0.15, -0.1) is 47.0 Å². The summed E-state index contributed by atoms with van der Waals surface area (Å²) in [5.74, 6) is -4.46. The van der Waals surface area contributed by atoms with Crippen molar-refractivity contribution in [2.75, 3.05) is 120 Å². The molecule has 8 aromatic carbocycles. The third kappa shape index (κ3) is 27.8. The van der Waals surface area contributed by atoms with Crippen LogP contribution in [0.25, 0.3) is 0 Å². The van der Waals surface area contributed by atoms with Crippen LogP contribution in [0.5, 0.6) is 23.0 Å². The molecule has 0 aliphatic carbocycles. The summed E-state index contributed by atoms with van der Waals surface area (Å²) < 4.78 is 133. The van der Waals surface area contributed by atoms with Crippen LogP contribution < -0.4 is 38.5 Å². The van der Waals surface area contributed by atoms with Gasteiger partial charge in [0.25, 0.3) is 0 Å². The summed E-state index contributed by atoms with van der Waals surface area (Å²) in [6.07, 6.45) is 14.4. The normalized spacial score (nSPS) is 20.3. The lowest BCUT2D eigenvalue weighted by Gasteiger charge is -2.36. The van der Waals surface area contributed by atoms with Crippen molar-refractivity contribution in [3.05, 3.63) is 170 Å². The first-order chi connectivity index (χ1) is 64.6. The molecule has 4 heterocycles. The van der Waals surface area contributed by atoms with Crippen molar-refractivity contribution in [3.8, 4) is 23.0 Å². The Balaban J connectivity index is 0.000000203. The van der Waals surface area contributed by atoms with Gasteiger partial charge in [-0.05, 0) is 149 Å². The van der Waals surface area contributed by atoms with Crippen LogP contribution in [-0.4, -0.2) is 223 Å². The Labute approximate surface area is 818 Å². The highest BCUT2D eigenvalue weighted by Gasteiger charge is 2.48. The first-order valence-electron chi connectivity index (χ1n) is 45.9. The quantitative estimate of drug-likeness (QED) is 0.0165. The Bertz CT molecular complexity index is 5130. The Morgan fingerprint density at radius 3 is 0.632 bits per heavy atom. The zero-order chi connectivity index (χ0) is 99.7. The first-order valence-corrected chi connectivity index (χ1v) is 57.4. The second-order valence-corrected chi connectivity index (χ2v) is 46.3. The average Bonchev–Trinajstić information content (AvgIpc) is 1.60. The molecule has 0 spiro atoms. The summed E-state index contributed by atoms with van der Waals surface area (Å²) >= 11 is 5.51. The van der Waals surface area contributed by atoms with E-state index in [0.29, 0.717) is 68.5 Å². The minimum Gasteiger partial charge on any atom is -0.489 e. The molecule has 4 aliphatic rings. The number of hydrogen-bond donors (Lipinski definition) is 8. The van der Waals surface area contributed by atoms with Crippen LogP contribution in [0.15, 0.2) is 209 Å². The molecule has 0 fully saturated rings. The fourth-order valence-corrected chi connectivity index (χ4v) is 28.4. The molecular formula is C100H132N4O24S8. The summed E-state index contributed by atoms with van der Waals surface area (Å²) in [4.78, 5) is 55.8. The fraction of sp³-hybridized carbons (Fsp3) is 0.480. The molecule has 12 rings (SSSR count). The molecule has 0 radical (unpaired) electrons. The predicted molar refractivity (Wildman–Crippen MR) is 540 cm³/mol. The van der Waals surface area contributed by atoms with Crippen LogP contribution >= 0.6 is 47.0 Å². The number of para-hydroxylation sites is 4. The van der Waals surface area contributed by atoms with Crippen LogP contribution in [0.1, 0.15) is 158 Å². The summed E-state index contributed by atoms with van der Waals surface area (Å²) in [6, 6.07) is 52.3. The second kappa shape index (κ2) is 49.8. The van der Waals surface area contributed by atoms with E-state index in [2.05, 4.69) is 75.0 Å². The van der Waals surface area contributed by atoms with E-state index in [1.165, 1.54) is 71.3 Å². The lowest BCUT2D eigenvalue weighted by Crippen LogP contribution is -2.37. The number of aliphatic hydroxyl groups excluding tert-OH is 4. The maximum Gasteiger partial charge on any atom is 0.336 e. The maximum atomic E-state index is 13.8. The van der Waals surface area contributed by atoms with Crippen molar-refractivity contribution in [1.29, 1.82) is 0 Å². The number of benzene rings is 8. The second-order valence-electron chi connectivity index (χ2n) is 35.1. The van der Waals surface area contributed by atoms with Crippen LogP contribution in [0.4, 0.5) is 45.5 Å². The number of fused-ring (bicyclic) bond motifs is 4. The van der Waals surface area contributed by atoms with Gasteiger partial charge < -0.3 is 79.4 Å². The Kier molecular flexibility index (Phi) is 40.5.